The highest BCUT2D eigenvalue weighted by molar-refractivity contribution is 9.13. The molecule has 2 unspecified atom stereocenters. The topological polar surface area (TPSA) is 37.3 Å². The number of rotatable bonds is 3. The second-order valence-electron chi connectivity index (χ2n) is 4.11. The van der Waals surface area contributed by atoms with E-state index in [1.165, 1.54) is 0 Å². The molecule has 1 aliphatic rings. The van der Waals surface area contributed by atoms with Gasteiger partial charge < -0.3 is 5.11 Å². The van der Waals surface area contributed by atoms with Crippen LogP contribution in [-0.4, -0.2) is 19.9 Å². The van der Waals surface area contributed by atoms with Gasteiger partial charge in [-0.25, -0.2) is 4.39 Å². The highest BCUT2D eigenvalue weighted by Crippen LogP contribution is 2.64. The van der Waals surface area contributed by atoms with Crippen molar-refractivity contribution in [3.05, 3.63) is 0 Å². The van der Waals surface area contributed by atoms with Gasteiger partial charge in [0.15, 0.2) is 0 Å². The van der Waals surface area contributed by atoms with Crippen molar-refractivity contribution in [1.82, 2.24) is 0 Å². The van der Waals surface area contributed by atoms with Gasteiger partial charge in [0.1, 0.15) is 0 Å². The molecule has 0 saturated heterocycles. The molecule has 14 heavy (non-hydrogen) atoms. The number of alkyl halides is 4. The van der Waals surface area contributed by atoms with Gasteiger partial charge >= 0.3 is 5.97 Å². The molecule has 2 nitrogen and oxygen atoms in total. The number of carbonyl (C=O) groups is 1. The van der Waals surface area contributed by atoms with Gasteiger partial charge in [0, 0.05) is 0 Å². The van der Waals surface area contributed by atoms with Crippen LogP contribution in [0.15, 0.2) is 0 Å². The summed E-state index contributed by atoms with van der Waals surface area (Å²) in [5.74, 6) is -1.75. The van der Waals surface area contributed by atoms with Crippen molar-refractivity contribution in [3.8, 4) is 0 Å². The van der Waals surface area contributed by atoms with Gasteiger partial charge in [0.25, 0.3) is 0 Å². The van der Waals surface area contributed by atoms with Crippen molar-refractivity contribution >= 4 is 49.4 Å². The van der Waals surface area contributed by atoms with Gasteiger partial charge in [-0.05, 0) is 27.3 Å². The van der Waals surface area contributed by atoms with E-state index in [1.807, 2.05) is 0 Å². The third kappa shape index (κ3) is 2.09. The van der Waals surface area contributed by atoms with Gasteiger partial charge in [0.05, 0.1) is 10.7 Å². The molecule has 0 aliphatic heterocycles. The van der Waals surface area contributed by atoms with Crippen LogP contribution in [-0.2, 0) is 4.79 Å². The van der Waals surface area contributed by atoms with Gasteiger partial charge in [-0.15, -0.1) is 0 Å². The summed E-state index contributed by atoms with van der Waals surface area (Å²) in [5, 5.41) is 8.87. The summed E-state index contributed by atoms with van der Waals surface area (Å²) in [6, 6.07) is 0. The Bertz CT molecular complexity index is 265. The second kappa shape index (κ2) is 3.59. The lowest BCUT2D eigenvalue weighted by Gasteiger charge is -2.18. The van der Waals surface area contributed by atoms with Crippen LogP contribution < -0.4 is 0 Å². The van der Waals surface area contributed by atoms with E-state index < -0.39 is 26.2 Å². The fraction of sp³-hybridized carbons (Fsp3) is 0.875. The molecular weight excluding hydrogens is 342 g/mol. The van der Waals surface area contributed by atoms with Crippen LogP contribution in [0.4, 0.5) is 4.39 Å². The zero-order chi connectivity index (χ0) is 11.3. The predicted molar refractivity (Wildman–Crippen MR) is 59.7 cm³/mol. The van der Waals surface area contributed by atoms with E-state index in [9.17, 15) is 9.18 Å². The van der Waals surface area contributed by atoms with Gasteiger partial charge in [-0.2, -0.15) is 0 Å². The molecule has 0 radical (unpaired) electrons. The van der Waals surface area contributed by atoms with Crippen LogP contribution in [0.5, 0.6) is 0 Å². The second-order valence-corrected chi connectivity index (χ2v) is 7.25. The van der Waals surface area contributed by atoms with E-state index in [4.69, 9.17) is 16.7 Å². The van der Waals surface area contributed by atoms with Gasteiger partial charge in [-0.3, -0.25) is 4.79 Å². The largest absolute Gasteiger partial charge is 0.481 e. The Labute approximate surface area is 103 Å². The fourth-order valence-corrected chi connectivity index (χ4v) is 3.31. The molecule has 1 saturated carbocycles. The van der Waals surface area contributed by atoms with Crippen molar-refractivity contribution in [2.45, 2.75) is 22.7 Å². The minimum Gasteiger partial charge on any atom is -0.481 e. The standard InChI is InChI=1S/C8H10Br2ClFO2/c1-7(2)3(4(7)6(13)14)5(9)8(10,11)12/h3-5H,1-2H3,(H,13,14)/t3-,4+,5?,8?/m1/s1. The van der Waals surface area contributed by atoms with Gasteiger partial charge in [-0.1, -0.05) is 41.4 Å². The maximum absolute atomic E-state index is 13.3. The Hall–Kier alpha value is 0.650. The molecule has 0 amide bonds. The van der Waals surface area contributed by atoms with E-state index in [2.05, 4.69) is 31.9 Å². The third-order valence-corrected chi connectivity index (χ3v) is 5.61. The van der Waals surface area contributed by atoms with Crippen molar-refractivity contribution in [2.75, 3.05) is 0 Å². The Kier molecular flexibility index (Phi) is 3.27. The molecule has 82 valence electrons. The average Bonchev–Trinajstić information content (AvgIpc) is 2.49. The summed E-state index contributed by atoms with van der Waals surface area (Å²) in [6.07, 6.45) is 0. The minimum absolute atomic E-state index is 0.304. The van der Waals surface area contributed by atoms with Crippen molar-refractivity contribution < 1.29 is 14.3 Å². The number of halogens is 4. The first-order chi connectivity index (χ1) is 6.10. The maximum Gasteiger partial charge on any atom is 0.307 e. The third-order valence-electron chi connectivity index (χ3n) is 2.80. The molecule has 1 rings (SSSR count). The zero-order valence-corrected chi connectivity index (χ0v) is 11.5. The Balaban J connectivity index is 2.79. The Morgan fingerprint density at radius 3 is 2.36 bits per heavy atom. The van der Waals surface area contributed by atoms with Gasteiger partial charge in [0.2, 0.25) is 4.04 Å². The van der Waals surface area contributed by atoms with Crippen molar-refractivity contribution in [2.24, 2.45) is 17.3 Å². The van der Waals surface area contributed by atoms with E-state index in [-0.39, 0.29) is 5.92 Å². The monoisotopic (exact) mass is 350 g/mol. The first-order valence-electron chi connectivity index (χ1n) is 4.03. The minimum atomic E-state index is -2.10. The Morgan fingerprint density at radius 2 is 2.14 bits per heavy atom. The molecule has 0 aromatic carbocycles. The summed E-state index contributed by atoms with van der Waals surface area (Å²) < 4.78 is 11.2. The zero-order valence-electron chi connectivity index (χ0n) is 7.60. The van der Waals surface area contributed by atoms with Crippen LogP contribution in [0.2, 0.25) is 0 Å². The molecule has 1 fully saturated rings. The summed E-state index contributed by atoms with van der Waals surface area (Å²) >= 11 is 11.2. The number of hydrogen-bond acceptors (Lipinski definition) is 1. The van der Waals surface area contributed by atoms with Crippen LogP contribution in [0.3, 0.4) is 0 Å². The first-order valence-corrected chi connectivity index (χ1v) is 6.12. The molecule has 4 atom stereocenters. The average molecular weight is 352 g/mol. The molecule has 0 spiro atoms. The molecule has 1 aliphatic carbocycles. The van der Waals surface area contributed by atoms with Crippen molar-refractivity contribution in [1.29, 1.82) is 0 Å². The van der Waals surface area contributed by atoms with E-state index >= 15 is 0 Å². The molecule has 0 heterocycles. The molecule has 0 aromatic heterocycles. The smallest absolute Gasteiger partial charge is 0.307 e. The SMILES string of the molecule is CC1(C)[C@H](C(=O)O)[C@@H]1C(Br)C(F)(Cl)Br. The summed E-state index contributed by atoms with van der Waals surface area (Å²) in [7, 11) is 0. The van der Waals surface area contributed by atoms with Crippen LogP contribution >= 0.6 is 43.5 Å². The highest BCUT2D eigenvalue weighted by Gasteiger charge is 2.67. The lowest BCUT2D eigenvalue weighted by Crippen LogP contribution is -2.24. The maximum atomic E-state index is 13.3. The van der Waals surface area contributed by atoms with Crippen LogP contribution in [0.25, 0.3) is 0 Å². The molecule has 1 N–H and O–H groups in total. The molecule has 0 aromatic rings. The highest BCUT2D eigenvalue weighted by atomic mass is 79.9. The number of hydrogen-bond donors (Lipinski definition) is 1. The summed E-state index contributed by atoms with van der Waals surface area (Å²) in [5.41, 5.74) is -0.417. The van der Waals surface area contributed by atoms with Crippen molar-refractivity contribution in [3.63, 3.8) is 0 Å². The molecular formula is C8H10Br2ClFO2. The molecule has 0 bridgehead atoms. The summed E-state index contributed by atoms with van der Waals surface area (Å²) in [6.45, 7) is 3.58. The van der Waals surface area contributed by atoms with Crippen LogP contribution in [0, 0.1) is 17.3 Å². The normalized spacial score (nSPS) is 35.9. The van der Waals surface area contributed by atoms with Crippen LogP contribution in [0.1, 0.15) is 13.8 Å². The van der Waals surface area contributed by atoms with E-state index in [0.717, 1.165) is 0 Å². The first kappa shape index (κ1) is 12.7. The number of aliphatic carboxylic acids is 1. The molecule has 6 heteroatoms. The quantitative estimate of drug-likeness (QED) is 0.791. The van der Waals surface area contributed by atoms with E-state index in [1.54, 1.807) is 13.8 Å². The summed E-state index contributed by atoms with van der Waals surface area (Å²) in [4.78, 5) is 10.1. The fourth-order valence-electron chi connectivity index (χ4n) is 1.90. The number of carboxylic acids is 1. The predicted octanol–water partition coefficient (Wildman–Crippen LogP) is 3.36. The van der Waals surface area contributed by atoms with E-state index in [0.29, 0.717) is 0 Å². The Morgan fingerprint density at radius 1 is 1.71 bits per heavy atom. The lowest BCUT2D eigenvalue weighted by molar-refractivity contribution is -0.139. The number of carboxylic acid groups (broad SMARTS) is 1. The lowest BCUT2D eigenvalue weighted by atomic mass is 10.1.